The van der Waals surface area contributed by atoms with Crippen LogP contribution in [0, 0.1) is 0 Å². The molecular weight excluding hydrogens is 276 g/mol. The molecule has 0 fully saturated rings. The number of Topliss-reactive ketones (excluding diaryl/α,β-unsaturated/α-hetero) is 1. The molecule has 1 aromatic rings. The summed E-state index contributed by atoms with van der Waals surface area (Å²) in [7, 11) is 1.62. The highest BCUT2D eigenvalue weighted by atomic mass is 79.9. The number of carbonyl (C=O) groups excluding carboxylic acids is 1. The van der Waals surface area contributed by atoms with Crippen molar-refractivity contribution in [2.75, 3.05) is 19.1 Å². The first-order valence-electron chi connectivity index (χ1n) is 4.50. The number of ketones is 1. The molecule has 0 saturated heterocycles. The number of rotatable bonds is 5. The Bertz CT molecular complexity index is 352. The van der Waals surface area contributed by atoms with Gasteiger partial charge in [-0.2, -0.15) is 11.8 Å². The molecule has 4 heteroatoms. The first kappa shape index (κ1) is 12.6. The summed E-state index contributed by atoms with van der Waals surface area (Å²) in [4.78, 5) is 11.4. The second kappa shape index (κ2) is 6.18. The third-order valence-electron chi connectivity index (χ3n) is 1.92. The first-order chi connectivity index (χ1) is 7.17. The van der Waals surface area contributed by atoms with Crippen molar-refractivity contribution in [2.45, 2.75) is 6.42 Å². The lowest BCUT2D eigenvalue weighted by atomic mass is 10.1. The van der Waals surface area contributed by atoms with Crippen LogP contribution in [0.2, 0.25) is 0 Å². The van der Waals surface area contributed by atoms with E-state index in [0.717, 1.165) is 15.8 Å². The van der Waals surface area contributed by atoms with Crippen LogP contribution in [0.15, 0.2) is 22.7 Å². The van der Waals surface area contributed by atoms with E-state index in [4.69, 9.17) is 4.74 Å². The number of ether oxygens (including phenoxy) is 1. The Kier molecular flexibility index (Phi) is 5.19. The topological polar surface area (TPSA) is 26.3 Å². The lowest BCUT2D eigenvalue weighted by Gasteiger charge is -2.05. The third kappa shape index (κ3) is 3.87. The van der Waals surface area contributed by atoms with Gasteiger partial charge in [0, 0.05) is 6.42 Å². The van der Waals surface area contributed by atoms with E-state index in [1.807, 2.05) is 24.5 Å². The molecule has 0 radical (unpaired) electrons. The number of halogens is 1. The summed E-state index contributed by atoms with van der Waals surface area (Å²) in [6, 6.07) is 5.71. The molecule has 0 aliphatic heterocycles. The van der Waals surface area contributed by atoms with Gasteiger partial charge < -0.3 is 4.74 Å². The maximum Gasteiger partial charge on any atom is 0.147 e. The zero-order valence-corrected chi connectivity index (χ0v) is 11.2. The Morgan fingerprint density at radius 3 is 2.80 bits per heavy atom. The van der Waals surface area contributed by atoms with Gasteiger partial charge in [0.25, 0.3) is 0 Å². The van der Waals surface area contributed by atoms with Gasteiger partial charge >= 0.3 is 0 Å². The van der Waals surface area contributed by atoms with Crippen molar-refractivity contribution < 1.29 is 9.53 Å². The highest BCUT2D eigenvalue weighted by Gasteiger charge is 2.05. The van der Waals surface area contributed by atoms with Gasteiger partial charge in [-0.3, -0.25) is 4.79 Å². The Balaban J connectivity index is 2.71. The van der Waals surface area contributed by atoms with Crippen molar-refractivity contribution in [1.82, 2.24) is 0 Å². The highest BCUT2D eigenvalue weighted by Crippen LogP contribution is 2.25. The molecule has 82 valence electrons. The van der Waals surface area contributed by atoms with Crippen molar-refractivity contribution in [3.8, 4) is 5.75 Å². The number of thioether (sulfide) groups is 1. The zero-order chi connectivity index (χ0) is 11.3. The molecule has 2 nitrogen and oxygen atoms in total. The summed E-state index contributed by atoms with van der Waals surface area (Å²) in [6.45, 7) is 0. The van der Waals surface area contributed by atoms with Gasteiger partial charge in [-0.15, -0.1) is 0 Å². The van der Waals surface area contributed by atoms with E-state index in [1.165, 1.54) is 0 Å². The van der Waals surface area contributed by atoms with E-state index < -0.39 is 0 Å². The van der Waals surface area contributed by atoms with Crippen LogP contribution in [-0.2, 0) is 11.2 Å². The summed E-state index contributed by atoms with van der Waals surface area (Å²) in [5, 5.41) is 0. The van der Waals surface area contributed by atoms with Crippen LogP contribution in [0.4, 0.5) is 0 Å². The smallest absolute Gasteiger partial charge is 0.147 e. The van der Waals surface area contributed by atoms with Gasteiger partial charge in [0.15, 0.2) is 0 Å². The molecular formula is C11H13BrO2S. The summed E-state index contributed by atoms with van der Waals surface area (Å²) < 4.78 is 6.00. The van der Waals surface area contributed by atoms with E-state index >= 15 is 0 Å². The monoisotopic (exact) mass is 288 g/mol. The predicted octanol–water partition coefficient (Wildman–Crippen LogP) is 2.93. The molecule has 0 spiro atoms. The van der Waals surface area contributed by atoms with E-state index in [0.29, 0.717) is 12.2 Å². The predicted molar refractivity (Wildman–Crippen MR) is 67.8 cm³/mol. The van der Waals surface area contributed by atoms with Crippen molar-refractivity contribution >= 4 is 33.5 Å². The summed E-state index contributed by atoms with van der Waals surface area (Å²) in [5.41, 5.74) is 1.02. The molecule has 0 aromatic heterocycles. The standard InChI is InChI=1S/C11H13BrO2S/c1-14-11-4-3-8(6-10(11)12)5-9(13)7-15-2/h3-4,6H,5,7H2,1-2H3. The first-order valence-corrected chi connectivity index (χ1v) is 6.69. The number of benzene rings is 1. The third-order valence-corrected chi connectivity index (χ3v) is 3.15. The molecule has 1 aromatic carbocycles. The molecule has 0 bridgehead atoms. The molecule has 0 atom stereocenters. The molecule has 1 rings (SSSR count). The summed E-state index contributed by atoms with van der Waals surface area (Å²) in [6.07, 6.45) is 2.42. The average Bonchev–Trinajstić information content (AvgIpc) is 2.18. The number of carbonyl (C=O) groups is 1. The molecule has 0 aliphatic carbocycles. The minimum absolute atomic E-state index is 0.250. The fraction of sp³-hybridized carbons (Fsp3) is 0.364. The van der Waals surface area contributed by atoms with Gasteiger partial charge in [-0.1, -0.05) is 6.07 Å². The van der Waals surface area contributed by atoms with Gasteiger partial charge in [0.2, 0.25) is 0 Å². The Hall–Kier alpha value is -0.480. The maximum atomic E-state index is 11.4. The molecule has 0 N–H and O–H groups in total. The van der Waals surface area contributed by atoms with Crippen molar-refractivity contribution in [3.63, 3.8) is 0 Å². The second-order valence-electron chi connectivity index (χ2n) is 3.12. The molecule has 0 aliphatic rings. The van der Waals surface area contributed by atoms with Crippen LogP contribution in [0.25, 0.3) is 0 Å². The lowest BCUT2D eigenvalue weighted by Crippen LogP contribution is -2.05. The minimum atomic E-state index is 0.250. The van der Waals surface area contributed by atoms with Crippen molar-refractivity contribution in [1.29, 1.82) is 0 Å². The second-order valence-corrected chi connectivity index (χ2v) is 4.84. The SMILES string of the molecule is COc1ccc(CC(=O)CSC)cc1Br. The molecule has 0 saturated carbocycles. The Morgan fingerprint density at radius 1 is 1.53 bits per heavy atom. The highest BCUT2D eigenvalue weighted by molar-refractivity contribution is 9.10. The van der Waals surface area contributed by atoms with Crippen LogP contribution < -0.4 is 4.74 Å². The van der Waals surface area contributed by atoms with E-state index in [9.17, 15) is 4.79 Å². The van der Waals surface area contributed by atoms with Crippen LogP contribution in [0.1, 0.15) is 5.56 Å². The molecule has 0 heterocycles. The molecule has 0 amide bonds. The average molecular weight is 289 g/mol. The van der Waals surface area contributed by atoms with Crippen molar-refractivity contribution in [3.05, 3.63) is 28.2 Å². The van der Waals surface area contributed by atoms with Gasteiger partial charge in [-0.05, 0) is 39.9 Å². The summed E-state index contributed by atoms with van der Waals surface area (Å²) >= 11 is 4.95. The number of hydrogen-bond acceptors (Lipinski definition) is 3. The molecule has 0 unspecified atom stereocenters. The fourth-order valence-corrected chi connectivity index (χ4v) is 2.27. The van der Waals surface area contributed by atoms with Crippen molar-refractivity contribution in [2.24, 2.45) is 0 Å². The van der Waals surface area contributed by atoms with Gasteiger partial charge in [-0.25, -0.2) is 0 Å². The fourth-order valence-electron chi connectivity index (χ4n) is 1.26. The van der Waals surface area contributed by atoms with Gasteiger partial charge in [0.1, 0.15) is 11.5 Å². The lowest BCUT2D eigenvalue weighted by molar-refractivity contribution is -0.115. The minimum Gasteiger partial charge on any atom is -0.496 e. The number of hydrogen-bond donors (Lipinski definition) is 0. The Labute approximate surface area is 103 Å². The number of methoxy groups -OCH3 is 1. The largest absolute Gasteiger partial charge is 0.496 e. The van der Waals surface area contributed by atoms with Gasteiger partial charge in [0.05, 0.1) is 17.3 Å². The van der Waals surface area contributed by atoms with E-state index in [2.05, 4.69) is 15.9 Å². The zero-order valence-electron chi connectivity index (χ0n) is 8.75. The van der Waals surface area contributed by atoms with Crippen LogP contribution in [0.3, 0.4) is 0 Å². The maximum absolute atomic E-state index is 11.4. The Morgan fingerprint density at radius 2 is 2.27 bits per heavy atom. The van der Waals surface area contributed by atoms with Crippen LogP contribution in [0.5, 0.6) is 5.75 Å². The van der Waals surface area contributed by atoms with Crippen LogP contribution in [-0.4, -0.2) is 24.9 Å². The van der Waals surface area contributed by atoms with Crippen LogP contribution >= 0.6 is 27.7 Å². The van der Waals surface area contributed by atoms with E-state index in [1.54, 1.807) is 18.9 Å². The quantitative estimate of drug-likeness (QED) is 0.833. The van der Waals surface area contributed by atoms with E-state index in [-0.39, 0.29) is 5.78 Å². The summed E-state index contributed by atoms with van der Waals surface area (Å²) in [5.74, 6) is 1.61. The normalized spacial score (nSPS) is 10.1. The molecule has 15 heavy (non-hydrogen) atoms.